The molecule has 0 radical (unpaired) electrons. The normalized spacial score (nSPS) is 19.3. The number of rotatable bonds is 5. The predicted octanol–water partition coefficient (Wildman–Crippen LogP) is 5.26. The molecule has 0 aromatic heterocycles. The number of hydrogen-bond donors (Lipinski definition) is 0. The van der Waals surface area contributed by atoms with Crippen LogP contribution in [0, 0.1) is 0 Å². The SMILES string of the molecule is C=C[C@](C)(Cl)[C@@H](Cl)/C=C/C(=C/Cl)C(Cl)Cl. The molecule has 0 spiro atoms. The third-order valence-corrected chi connectivity index (χ3v) is 3.63. The van der Waals surface area contributed by atoms with Crippen LogP contribution in [0.5, 0.6) is 0 Å². The van der Waals surface area contributed by atoms with Crippen molar-refractivity contribution in [2.45, 2.75) is 22.0 Å². The Morgan fingerprint density at radius 3 is 2.20 bits per heavy atom. The lowest BCUT2D eigenvalue weighted by molar-refractivity contribution is 0.801. The molecule has 0 aliphatic rings. The Balaban J connectivity index is 4.60. The van der Waals surface area contributed by atoms with Gasteiger partial charge in [0.25, 0.3) is 0 Å². The molecule has 0 N–H and O–H groups in total. The standard InChI is InChI=1S/C10H11Cl5/c1-3-10(2,15)8(12)5-4-7(6-11)9(13)14/h3-6,8-9H,1H2,2H3/b5-4+,7-6-/t8-,10-/m0/s1. The van der Waals surface area contributed by atoms with Crippen molar-refractivity contribution in [2.24, 2.45) is 0 Å². The van der Waals surface area contributed by atoms with Crippen LogP contribution in [0.25, 0.3) is 0 Å². The summed E-state index contributed by atoms with van der Waals surface area (Å²) in [6.45, 7) is 5.35. The van der Waals surface area contributed by atoms with E-state index in [1.165, 1.54) is 5.54 Å². The van der Waals surface area contributed by atoms with Crippen LogP contribution in [-0.4, -0.2) is 15.1 Å². The Morgan fingerprint density at radius 2 is 1.87 bits per heavy atom. The van der Waals surface area contributed by atoms with E-state index in [1.54, 1.807) is 25.2 Å². The fraction of sp³-hybridized carbons (Fsp3) is 0.400. The largest absolute Gasteiger partial charge is 0.133 e. The van der Waals surface area contributed by atoms with Gasteiger partial charge in [-0.2, -0.15) is 0 Å². The summed E-state index contributed by atoms with van der Waals surface area (Å²) in [5, 5.41) is -0.421. The van der Waals surface area contributed by atoms with Gasteiger partial charge in [-0.05, 0) is 12.5 Å². The molecule has 0 fully saturated rings. The highest BCUT2D eigenvalue weighted by Gasteiger charge is 2.24. The molecular weight excluding hydrogens is 297 g/mol. The Hall–Kier alpha value is 0.670. The summed E-state index contributed by atoms with van der Waals surface area (Å²) in [5.41, 5.74) is 1.85. The van der Waals surface area contributed by atoms with Crippen LogP contribution in [0.4, 0.5) is 0 Å². The molecular formula is C10H11Cl5. The van der Waals surface area contributed by atoms with Crippen LogP contribution in [-0.2, 0) is 0 Å². The van der Waals surface area contributed by atoms with Gasteiger partial charge >= 0.3 is 0 Å². The summed E-state index contributed by atoms with van der Waals surface area (Å²) < 4.78 is 0. The van der Waals surface area contributed by atoms with Gasteiger partial charge < -0.3 is 0 Å². The van der Waals surface area contributed by atoms with Crippen molar-refractivity contribution in [2.75, 3.05) is 0 Å². The van der Waals surface area contributed by atoms with Crippen LogP contribution in [0.15, 0.2) is 35.9 Å². The quantitative estimate of drug-likeness (QED) is 0.369. The maximum atomic E-state index is 6.06. The molecule has 15 heavy (non-hydrogen) atoms. The number of hydrogen-bond acceptors (Lipinski definition) is 0. The molecule has 0 unspecified atom stereocenters. The lowest BCUT2D eigenvalue weighted by atomic mass is 10.1. The van der Waals surface area contributed by atoms with Crippen LogP contribution in [0.1, 0.15) is 6.92 Å². The maximum absolute atomic E-state index is 6.06. The summed E-state index contributed by atoms with van der Waals surface area (Å²) in [6.07, 6.45) is 4.88. The Morgan fingerprint density at radius 1 is 1.33 bits per heavy atom. The van der Waals surface area contributed by atoms with E-state index in [0.717, 1.165) is 0 Å². The van der Waals surface area contributed by atoms with E-state index < -0.39 is 15.1 Å². The van der Waals surface area contributed by atoms with Gasteiger partial charge in [-0.1, -0.05) is 29.8 Å². The summed E-state index contributed by atoms with van der Waals surface area (Å²) in [7, 11) is 0. The first-order valence-electron chi connectivity index (χ1n) is 4.08. The fourth-order valence-electron chi connectivity index (χ4n) is 0.653. The Bertz CT molecular complexity index is 265. The molecule has 0 nitrogen and oxygen atoms in total. The van der Waals surface area contributed by atoms with Gasteiger partial charge in [0.05, 0.1) is 10.3 Å². The molecule has 5 heteroatoms. The van der Waals surface area contributed by atoms with Crippen molar-refractivity contribution in [3.05, 3.63) is 35.9 Å². The highest BCUT2D eigenvalue weighted by Crippen LogP contribution is 2.27. The number of allylic oxidation sites excluding steroid dienone is 4. The first kappa shape index (κ1) is 15.7. The zero-order valence-electron chi connectivity index (χ0n) is 8.06. The van der Waals surface area contributed by atoms with Gasteiger partial charge in [0, 0.05) is 5.54 Å². The lowest BCUT2D eigenvalue weighted by Gasteiger charge is -2.20. The van der Waals surface area contributed by atoms with Crippen LogP contribution in [0.2, 0.25) is 0 Å². The minimum atomic E-state index is -0.719. The lowest BCUT2D eigenvalue weighted by Crippen LogP contribution is -2.24. The van der Waals surface area contributed by atoms with Crippen LogP contribution < -0.4 is 0 Å². The maximum Gasteiger partial charge on any atom is 0.133 e. The second-order valence-electron chi connectivity index (χ2n) is 3.03. The van der Waals surface area contributed by atoms with Gasteiger partial charge in [0.15, 0.2) is 0 Å². The zero-order chi connectivity index (χ0) is 12.1. The van der Waals surface area contributed by atoms with Crippen LogP contribution in [0.3, 0.4) is 0 Å². The van der Waals surface area contributed by atoms with Crippen LogP contribution >= 0.6 is 58.0 Å². The van der Waals surface area contributed by atoms with Crippen molar-refractivity contribution in [1.82, 2.24) is 0 Å². The smallest absolute Gasteiger partial charge is 0.116 e. The number of alkyl halides is 4. The van der Waals surface area contributed by atoms with E-state index in [9.17, 15) is 0 Å². The van der Waals surface area contributed by atoms with Crippen molar-refractivity contribution in [1.29, 1.82) is 0 Å². The zero-order valence-corrected chi connectivity index (χ0v) is 11.8. The first-order chi connectivity index (χ1) is 6.85. The van der Waals surface area contributed by atoms with Gasteiger partial charge in [-0.15, -0.1) is 53.0 Å². The molecule has 0 saturated carbocycles. The van der Waals surface area contributed by atoms with E-state index >= 15 is 0 Å². The molecule has 0 amide bonds. The topological polar surface area (TPSA) is 0 Å². The molecule has 0 aromatic rings. The second-order valence-corrected chi connectivity index (χ2v) is 5.63. The minimum Gasteiger partial charge on any atom is -0.116 e. The Kier molecular flexibility index (Phi) is 7.40. The fourth-order valence-corrected chi connectivity index (χ4v) is 1.49. The average Bonchev–Trinajstić information content (AvgIpc) is 2.17. The monoisotopic (exact) mass is 306 g/mol. The van der Waals surface area contributed by atoms with Crippen molar-refractivity contribution < 1.29 is 0 Å². The van der Waals surface area contributed by atoms with Crippen molar-refractivity contribution in [3.63, 3.8) is 0 Å². The van der Waals surface area contributed by atoms with E-state index in [0.29, 0.717) is 5.57 Å². The van der Waals surface area contributed by atoms with E-state index in [2.05, 4.69) is 6.58 Å². The van der Waals surface area contributed by atoms with E-state index in [1.807, 2.05) is 0 Å². The molecule has 0 aromatic carbocycles. The average molecular weight is 308 g/mol. The highest BCUT2D eigenvalue weighted by atomic mass is 35.5. The van der Waals surface area contributed by atoms with Crippen molar-refractivity contribution in [3.8, 4) is 0 Å². The molecule has 0 heterocycles. The van der Waals surface area contributed by atoms with Gasteiger partial charge in [0.1, 0.15) is 4.84 Å². The van der Waals surface area contributed by atoms with Gasteiger partial charge in [-0.3, -0.25) is 0 Å². The molecule has 0 rings (SSSR count). The first-order valence-corrected chi connectivity index (χ1v) is 6.20. The number of halogens is 5. The summed E-state index contributed by atoms with van der Waals surface area (Å²) in [5.74, 6) is 0. The molecule has 0 saturated heterocycles. The van der Waals surface area contributed by atoms with E-state index in [4.69, 9.17) is 58.0 Å². The summed E-state index contributed by atoms with van der Waals surface area (Å²) >= 11 is 28.9. The molecule has 86 valence electrons. The molecule has 0 bridgehead atoms. The molecule has 2 atom stereocenters. The van der Waals surface area contributed by atoms with Crippen molar-refractivity contribution >= 4 is 58.0 Å². The summed E-state index contributed by atoms with van der Waals surface area (Å²) in [6, 6.07) is 0. The molecule has 0 aliphatic heterocycles. The molecule has 0 aliphatic carbocycles. The minimum absolute atomic E-state index is 0.421. The second kappa shape index (κ2) is 7.09. The third kappa shape index (κ3) is 5.51. The summed E-state index contributed by atoms with van der Waals surface area (Å²) in [4.78, 5) is -1.41. The Labute approximate surface area is 115 Å². The highest BCUT2D eigenvalue weighted by molar-refractivity contribution is 6.47. The third-order valence-electron chi connectivity index (χ3n) is 1.77. The predicted molar refractivity (Wildman–Crippen MR) is 72.7 cm³/mol. The van der Waals surface area contributed by atoms with Gasteiger partial charge in [0.2, 0.25) is 0 Å². The van der Waals surface area contributed by atoms with Gasteiger partial charge in [-0.25, -0.2) is 0 Å². The van der Waals surface area contributed by atoms with E-state index in [-0.39, 0.29) is 0 Å².